The molecule has 0 amide bonds. The second-order valence-corrected chi connectivity index (χ2v) is 4.39. The van der Waals surface area contributed by atoms with E-state index in [2.05, 4.69) is 31.9 Å². The lowest BCUT2D eigenvalue weighted by atomic mass is 10.2. The number of carbonyl (C=O) groups is 1. The van der Waals surface area contributed by atoms with Crippen molar-refractivity contribution in [2.24, 2.45) is 0 Å². The number of ether oxygens (including phenoxy) is 1. The molecule has 58 valence electrons. The van der Waals surface area contributed by atoms with Gasteiger partial charge >= 0.3 is 5.97 Å². The molecule has 1 aliphatic heterocycles. The van der Waals surface area contributed by atoms with Gasteiger partial charge in [-0.2, -0.15) is 0 Å². The molecule has 1 heterocycles. The van der Waals surface area contributed by atoms with Crippen molar-refractivity contribution in [2.75, 3.05) is 6.61 Å². The summed E-state index contributed by atoms with van der Waals surface area (Å²) in [4.78, 5) is 11.0. The van der Waals surface area contributed by atoms with Crippen molar-refractivity contribution in [1.29, 1.82) is 0 Å². The lowest BCUT2D eigenvalue weighted by Gasteiger charge is -2.08. The highest BCUT2D eigenvalue weighted by Crippen LogP contribution is 2.23. The lowest BCUT2D eigenvalue weighted by molar-refractivity contribution is -0.141. The second-order valence-electron chi connectivity index (χ2n) is 2.23. The molecule has 0 aromatic rings. The Balaban J connectivity index is 2.55. The van der Waals surface area contributed by atoms with Crippen molar-refractivity contribution in [2.45, 2.75) is 22.5 Å². The highest BCUT2D eigenvalue weighted by Gasteiger charge is 2.27. The van der Waals surface area contributed by atoms with Crippen molar-refractivity contribution >= 4 is 37.8 Å². The normalized spacial score (nSPS) is 34.8. The Morgan fingerprint density at radius 2 is 2.20 bits per heavy atom. The molecule has 0 aromatic carbocycles. The van der Waals surface area contributed by atoms with Gasteiger partial charge in [-0.25, -0.2) is 0 Å². The van der Waals surface area contributed by atoms with E-state index in [1.807, 2.05) is 0 Å². The number of cyclic esters (lactones) is 1. The topological polar surface area (TPSA) is 26.3 Å². The molecule has 4 heteroatoms. The molecule has 10 heavy (non-hydrogen) atoms. The Bertz CT molecular complexity index is 138. The average molecular weight is 272 g/mol. The predicted molar refractivity (Wildman–Crippen MR) is 45.6 cm³/mol. The van der Waals surface area contributed by atoms with Gasteiger partial charge < -0.3 is 4.74 Å². The van der Waals surface area contributed by atoms with Crippen LogP contribution in [-0.4, -0.2) is 22.2 Å². The van der Waals surface area contributed by atoms with E-state index in [0.29, 0.717) is 6.61 Å². The van der Waals surface area contributed by atoms with Crippen LogP contribution in [0.1, 0.15) is 12.8 Å². The molecule has 1 rings (SSSR count). The Morgan fingerprint density at radius 1 is 1.50 bits per heavy atom. The van der Waals surface area contributed by atoms with Gasteiger partial charge in [-0.1, -0.05) is 31.9 Å². The number of rotatable bonds is 0. The Morgan fingerprint density at radius 3 is 2.90 bits per heavy atom. The van der Waals surface area contributed by atoms with Crippen LogP contribution in [0.4, 0.5) is 0 Å². The highest BCUT2D eigenvalue weighted by molar-refractivity contribution is 9.12. The van der Waals surface area contributed by atoms with E-state index in [9.17, 15) is 4.79 Å². The van der Waals surface area contributed by atoms with Crippen LogP contribution < -0.4 is 0 Å². The van der Waals surface area contributed by atoms with Gasteiger partial charge in [0.2, 0.25) is 0 Å². The van der Waals surface area contributed by atoms with E-state index < -0.39 is 0 Å². The molecule has 2 nitrogen and oxygen atoms in total. The van der Waals surface area contributed by atoms with Gasteiger partial charge in [0.25, 0.3) is 0 Å². The number of esters is 1. The lowest BCUT2D eigenvalue weighted by Crippen LogP contribution is -2.22. The van der Waals surface area contributed by atoms with E-state index in [4.69, 9.17) is 4.74 Å². The summed E-state index contributed by atoms with van der Waals surface area (Å²) in [6, 6.07) is 0. The molecule has 2 unspecified atom stereocenters. The van der Waals surface area contributed by atoms with E-state index in [1.165, 1.54) is 0 Å². The fraction of sp³-hybridized carbons (Fsp3) is 0.833. The molecule has 0 aliphatic carbocycles. The third-order valence-electron chi connectivity index (χ3n) is 1.41. The summed E-state index contributed by atoms with van der Waals surface area (Å²) in [7, 11) is 0. The summed E-state index contributed by atoms with van der Waals surface area (Å²) in [5.74, 6) is -0.153. The zero-order valence-electron chi connectivity index (χ0n) is 5.35. The summed E-state index contributed by atoms with van der Waals surface area (Å²) < 4.78 is 4.87. The summed E-state index contributed by atoms with van der Waals surface area (Å²) >= 11 is 6.64. The van der Waals surface area contributed by atoms with Crippen LogP contribution >= 0.6 is 31.9 Å². The first kappa shape index (κ1) is 8.53. The zero-order chi connectivity index (χ0) is 7.56. The summed E-state index contributed by atoms with van der Waals surface area (Å²) in [5, 5.41) is 0. The molecule has 1 fully saturated rings. The molecule has 0 radical (unpaired) electrons. The number of hydrogen-bond acceptors (Lipinski definition) is 2. The SMILES string of the molecule is O=C1OCCCC(Br)C1Br. The van der Waals surface area contributed by atoms with Crippen molar-refractivity contribution < 1.29 is 9.53 Å². The fourth-order valence-corrected chi connectivity index (χ4v) is 1.76. The fourth-order valence-electron chi connectivity index (χ4n) is 0.825. The maximum atomic E-state index is 10.9. The summed E-state index contributed by atoms with van der Waals surface area (Å²) in [6.45, 7) is 0.559. The first-order chi connectivity index (χ1) is 4.72. The number of halogens is 2. The monoisotopic (exact) mass is 270 g/mol. The van der Waals surface area contributed by atoms with Crippen LogP contribution in [0.15, 0.2) is 0 Å². The quantitative estimate of drug-likeness (QED) is 0.497. The van der Waals surface area contributed by atoms with Crippen molar-refractivity contribution in [3.63, 3.8) is 0 Å². The van der Waals surface area contributed by atoms with Gasteiger partial charge in [-0.3, -0.25) is 4.79 Å². The van der Waals surface area contributed by atoms with Gasteiger partial charge in [-0.15, -0.1) is 0 Å². The van der Waals surface area contributed by atoms with Gasteiger partial charge in [0, 0.05) is 4.83 Å². The standard InChI is InChI=1S/C6H8Br2O2/c7-4-2-1-3-10-6(9)5(4)8/h4-5H,1-3H2. The molecule has 1 saturated heterocycles. The Hall–Kier alpha value is 0.430. The first-order valence-electron chi connectivity index (χ1n) is 3.16. The van der Waals surface area contributed by atoms with Crippen LogP contribution in [0.2, 0.25) is 0 Å². The Kier molecular flexibility index (Phi) is 3.17. The third kappa shape index (κ3) is 1.95. The molecular formula is C6H8Br2O2. The van der Waals surface area contributed by atoms with Crippen molar-refractivity contribution in [1.82, 2.24) is 0 Å². The highest BCUT2D eigenvalue weighted by atomic mass is 79.9. The van der Waals surface area contributed by atoms with Crippen molar-refractivity contribution in [3.05, 3.63) is 0 Å². The second kappa shape index (κ2) is 3.72. The average Bonchev–Trinajstić information content (AvgIpc) is 2.04. The molecular weight excluding hydrogens is 264 g/mol. The molecule has 0 spiro atoms. The predicted octanol–water partition coefficient (Wildman–Crippen LogP) is 1.85. The van der Waals surface area contributed by atoms with Crippen LogP contribution in [-0.2, 0) is 9.53 Å². The molecule has 0 aromatic heterocycles. The Labute approximate surface area is 76.6 Å². The maximum absolute atomic E-state index is 10.9. The van der Waals surface area contributed by atoms with Gasteiger partial charge in [0.1, 0.15) is 4.83 Å². The van der Waals surface area contributed by atoms with E-state index in [0.717, 1.165) is 12.8 Å². The molecule has 0 saturated carbocycles. The third-order valence-corrected chi connectivity index (χ3v) is 4.12. The zero-order valence-corrected chi connectivity index (χ0v) is 8.52. The van der Waals surface area contributed by atoms with Gasteiger partial charge in [0.15, 0.2) is 0 Å². The summed E-state index contributed by atoms with van der Waals surface area (Å²) in [5.41, 5.74) is 0. The number of hydrogen-bond donors (Lipinski definition) is 0. The first-order valence-corrected chi connectivity index (χ1v) is 4.99. The molecule has 0 bridgehead atoms. The van der Waals surface area contributed by atoms with Gasteiger partial charge in [-0.05, 0) is 12.8 Å². The molecule has 2 atom stereocenters. The number of carbonyl (C=O) groups excluding carboxylic acids is 1. The van der Waals surface area contributed by atoms with E-state index >= 15 is 0 Å². The minimum Gasteiger partial charge on any atom is -0.465 e. The minimum atomic E-state index is -0.171. The smallest absolute Gasteiger partial charge is 0.320 e. The van der Waals surface area contributed by atoms with Gasteiger partial charge in [0.05, 0.1) is 6.61 Å². The molecule has 0 N–H and O–H groups in total. The van der Waals surface area contributed by atoms with Crippen LogP contribution in [0.3, 0.4) is 0 Å². The van der Waals surface area contributed by atoms with Crippen LogP contribution in [0, 0.1) is 0 Å². The number of alkyl halides is 2. The van der Waals surface area contributed by atoms with Crippen LogP contribution in [0.5, 0.6) is 0 Å². The van der Waals surface area contributed by atoms with Crippen LogP contribution in [0.25, 0.3) is 0 Å². The van der Waals surface area contributed by atoms with Crippen molar-refractivity contribution in [3.8, 4) is 0 Å². The summed E-state index contributed by atoms with van der Waals surface area (Å²) in [6.07, 6.45) is 1.94. The van der Waals surface area contributed by atoms with E-state index in [-0.39, 0.29) is 15.6 Å². The molecule has 1 aliphatic rings. The minimum absolute atomic E-state index is 0.153. The maximum Gasteiger partial charge on any atom is 0.320 e. The van der Waals surface area contributed by atoms with E-state index in [1.54, 1.807) is 0 Å². The largest absolute Gasteiger partial charge is 0.465 e.